The molecule has 0 radical (unpaired) electrons. The molecule has 1 rings (SSSR count). The van der Waals surface area contributed by atoms with Crippen molar-refractivity contribution in [2.24, 2.45) is 0 Å². The highest BCUT2D eigenvalue weighted by Crippen LogP contribution is 2.24. The van der Waals surface area contributed by atoms with E-state index in [1.54, 1.807) is 0 Å². The third-order valence-electron chi connectivity index (χ3n) is 3.76. The van der Waals surface area contributed by atoms with Gasteiger partial charge in [-0.1, -0.05) is 26.2 Å². The van der Waals surface area contributed by atoms with Crippen molar-refractivity contribution < 1.29 is 35.0 Å². The van der Waals surface area contributed by atoms with Gasteiger partial charge in [0.1, 0.15) is 24.4 Å². The fourth-order valence-electron chi connectivity index (χ4n) is 2.42. The Bertz CT molecular complexity index is 274. The maximum Gasteiger partial charge on any atom is 0.186 e. The molecule has 1 aliphatic rings. The molecule has 6 atom stereocenters. The number of hydrogen-bond acceptors (Lipinski definition) is 7. The fraction of sp³-hybridized carbons (Fsp3) is 1.00. The molecule has 126 valence electrons. The summed E-state index contributed by atoms with van der Waals surface area (Å²) in [6.07, 6.45) is -2.48. The number of aliphatic hydroxyl groups is 5. The quantitative estimate of drug-likeness (QED) is 0.351. The summed E-state index contributed by atoms with van der Waals surface area (Å²) in [6.45, 7) is 1.55. The van der Waals surface area contributed by atoms with Gasteiger partial charge in [0, 0.05) is 6.61 Å². The van der Waals surface area contributed by atoms with E-state index in [0.717, 1.165) is 19.3 Å². The van der Waals surface area contributed by atoms with Gasteiger partial charge < -0.3 is 35.0 Å². The summed E-state index contributed by atoms with van der Waals surface area (Å²) in [4.78, 5) is 0. The largest absolute Gasteiger partial charge is 0.396 e. The molecule has 0 aromatic heterocycles. The summed E-state index contributed by atoms with van der Waals surface area (Å²) < 4.78 is 10.9. The molecule has 0 bridgehead atoms. The van der Waals surface area contributed by atoms with E-state index in [2.05, 4.69) is 6.92 Å². The summed E-state index contributed by atoms with van der Waals surface area (Å²) in [7, 11) is 0. The Kier molecular flexibility index (Phi) is 8.65. The van der Waals surface area contributed by atoms with E-state index in [-0.39, 0.29) is 12.7 Å². The van der Waals surface area contributed by atoms with Gasteiger partial charge in [0.05, 0.1) is 12.7 Å². The third-order valence-corrected chi connectivity index (χ3v) is 3.76. The Morgan fingerprint density at radius 3 is 2.29 bits per heavy atom. The summed E-state index contributed by atoms with van der Waals surface area (Å²) in [5.41, 5.74) is 0. The fourth-order valence-corrected chi connectivity index (χ4v) is 2.42. The summed E-state index contributed by atoms with van der Waals surface area (Å²) >= 11 is 0. The van der Waals surface area contributed by atoms with Gasteiger partial charge in [-0.3, -0.25) is 0 Å². The van der Waals surface area contributed by atoms with Crippen molar-refractivity contribution in [1.82, 2.24) is 0 Å². The van der Waals surface area contributed by atoms with Crippen LogP contribution in [0.5, 0.6) is 0 Å². The smallest absolute Gasteiger partial charge is 0.186 e. The topological polar surface area (TPSA) is 120 Å². The number of hydrogen-bond donors (Lipinski definition) is 5. The molecule has 1 saturated heterocycles. The first-order chi connectivity index (χ1) is 10.0. The summed E-state index contributed by atoms with van der Waals surface area (Å²) in [5.74, 6) is 0. The molecule has 5 N–H and O–H groups in total. The van der Waals surface area contributed by atoms with Gasteiger partial charge in [0.2, 0.25) is 0 Å². The lowest BCUT2D eigenvalue weighted by atomic mass is 9.99. The molecule has 1 aliphatic heterocycles. The van der Waals surface area contributed by atoms with E-state index in [4.69, 9.17) is 19.7 Å². The van der Waals surface area contributed by atoms with Crippen LogP contribution < -0.4 is 0 Å². The van der Waals surface area contributed by atoms with Gasteiger partial charge in [0.25, 0.3) is 0 Å². The van der Waals surface area contributed by atoms with Crippen LogP contribution >= 0.6 is 0 Å². The van der Waals surface area contributed by atoms with Gasteiger partial charge in [-0.2, -0.15) is 0 Å². The average molecular weight is 308 g/mol. The lowest BCUT2D eigenvalue weighted by Gasteiger charge is -2.40. The van der Waals surface area contributed by atoms with Crippen molar-refractivity contribution in [2.75, 3.05) is 13.2 Å². The number of unbranched alkanes of at least 4 members (excludes halogenated alkanes) is 2. The minimum Gasteiger partial charge on any atom is -0.396 e. The number of ether oxygens (including phenoxy) is 2. The van der Waals surface area contributed by atoms with E-state index < -0.39 is 37.3 Å². The Balaban J connectivity index is 2.58. The molecule has 0 aromatic rings. The van der Waals surface area contributed by atoms with Crippen LogP contribution in [0.1, 0.15) is 39.0 Å². The molecule has 0 aromatic carbocycles. The predicted octanol–water partition coefficient (Wildman–Crippen LogP) is -0.866. The monoisotopic (exact) mass is 308 g/mol. The van der Waals surface area contributed by atoms with E-state index in [0.29, 0.717) is 12.8 Å². The Morgan fingerprint density at radius 1 is 1.00 bits per heavy atom. The molecule has 7 heteroatoms. The van der Waals surface area contributed by atoms with Crippen LogP contribution in [0.3, 0.4) is 0 Å². The van der Waals surface area contributed by atoms with Gasteiger partial charge >= 0.3 is 0 Å². The number of aliphatic hydroxyl groups excluding tert-OH is 5. The lowest BCUT2D eigenvalue weighted by Crippen LogP contribution is -2.59. The molecule has 0 amide bonds. The highest BCUT2D eigenvalue weighted by atomic mass is 16.7. The molecule has 0 saturated carbocycles. The second kappa shape index (κ2) is 9.68. The van der Waals surface area contributed by atoms with Crippen LogP contribution in [0.15, 0.2) is 0 Å². The first-order valence-corrected chi connectivity index (χ1v) is 7.62. The summed E-state index contributed by atoms with van der Waals surface area (Å²) in [5, 5.41) is 47.5. The molecule has 1 heterocycles. The first kappa shape index (κ1) is 18.8. The van der Waals surface area contributed by atoms with Crippen molar-refractivity contribution in [2.45, 2.75) is 75.8 Å². The molecule has 6 unspecified atom stereocenters. The molecule has 0 aliphatic carbocycles. The SMILES string of the molecule is CCCCCC(CCO)OC1OC(CO)C(O)C(O)C1O. The molecule has 21 heavy (non-hydrogen) atoms. The van der Waals surface area contributed by atoms with E-state index in [9.17, 15) is 15.3 Å². The Morgan fingerprint density at radius 2 is 1.71 bits per heavy atom. The van der Waals surface area contributed by atoms with Crippen molar-refractivity contribution in [3.8, 4) is 0 Å². The minimum absolute atomic E-state index is 0.0474. The van der Waals surface area contributed by atoms with E-state index in [1.165, 1.54) is 0 Å². The first-order valence-electron chi connectivity index (χ1n) is 7.62. The zero-order valence-corrected chi connectivity index (χ0v) is 12.5. The normalized spacial score (nSPS) is 34.9. The second-order valence-electron chi connectivity index (χ2n) is 5.46. The van der Waals surface area contributed by atoms with Crippen molar-refractivity contribution >= 4 is 0 Å². The van der Waals surface area contributed by atoms with Gasteiger partial charge in [-0.25, -0.2) is 0 Å². The zero-order chi connectivity index (χ0) is 15.8. The Hall–Kier alpha value is -0.280. The predicted molar refractivity (Wildman–Crippen MR) is 74.5 cm³/mol. The third kappa shape index (κ3) is 5.45. The number of rotatable bonds is 9. The van der Waals surface area contributed by atoms with E-state index in [1.807, 2.05) is 0 Å². The maximum atomic E-state index is 9.91. The average Bonchev–Trinajstić information content (AvgIpc) is 2.48. The van der Waals surface area contributed by atoms with Crippen molar-refractivity contribution in [1.29, 1.82) is 0 Å². The van der Waals surface area contributed by atoms with Crippen LogP contribution in [-0.4, -0.2) is 75.6 Å². The van der Waals surface area contributed by atoms with Crippen LogP contribution in [0.25, 0.3) is 0 Å². The molecule has 1 fully saturated rings. The van der Waals surface area contributed by atoms with E-state index >= 15 is 0 Å². The van der Waals surface area contributed by atoms with Gasteiger partial charge in [-0.05, 0) is 12.8 Å². The molecular formula is C14H28O7. The van der Waals surface area contributed by atoms with Crippen LogP contribution in [0, 0.1) is 0 Å². The van der Waals surface area contributed by atoms with Gasteiger partial charge in [0.15, 0.2) is 6.29 Å². The lowest BCUT2D eigenvalue weighted by molar-refractivity contribution is -0.312. The molecule has 7 nitrogen and oxygen atoms in total. The van der Waals surface area contributed by atoms with Crippen LogP contribution in [-0.2, 0) is 9.47 Å². The standard InChI is InChI=1S/C14H28O7/c1-2-3-4-5-9(6-7-15)20-14-13(19)12(18)11(17)10(8-16)21-14/h9-19H,2-8H2,1H3. The van der Waals surface area contributed by atoms with Crippen LogP contribution in [0.4, 0.5) is 0 Å². The minimum atomic E-state index is -1.44. The Labute approximate surface area is 125 Å². The second-order valence-corrected chi connectivity index (χ2v) is 5.46. The van der Waals surface area contributed by atoms with Gasteiger partial charge in [-0.15, -0.1) is 0 Å². The highest BCUT2D eigenvalue weighted by Gasteiger charge is 2.44. The van der Waals surface area contributed by atoms with Crippen molar-refractivity contribution in [3.05, 3.63) is 0 Å². The van der Waals surface area contributed by atoms with Crippen LogP contribution in [0.2, 0.25) is 0 Å². The maximum absolute atomic E-state index is 9.91. The highest BCUT2D eigenvalue weighted by molar-refractivity contribution is 4.89. The molecule has 0 spiro atoms. The van der Waals surface area contributed by atoms with Crippen molar-refractivity contribution in [3.63, 3.8) is 0 Å². The molecular weight excluding hydrogens is 280 g/mol. The summed E-state index contributed by atoms with van der Waals surface area (Å²) in [6, 6.07) is 0. The zero-order valence-electron chi connectivity index (χ0n) is 12.5.